The SMILES string of the molecule is CC1=CCC2CC[C@@H]3[C@@H](CC[C@]4(C)C(O)CC[C@@H]34)[C@@]2(C)C1. The van der Waals surface area contributed by atoms with Crippen molar-refractivity contribution in [3.05, 3.63) is 11.6 Å². The average Bonchev–Trinajstić information content (AvgIpc) is 2.74. The van der Waals surface area contributed by atoms with Crippen molar-refractivity contribution in [1.82, 2.24) is 0 Å². The molecule has 0 bridgehead atoms. The van der Waals surface area contributed by atoms with Gasteiger partial charge < -0.3 is 5.11 Å². The molecular formula is C20H32O. The Hall–Kier alpha value is -0.300. The summed E-state index contributed by atoms with van der Waals surface area (Å²) in [5.74, 6) is 3.55. The van der Waals surface area contributed by atoms with Crippen LogP contribution < -0.4 is 0 Å². The van der Waals surface area contributed by atoms with Crippen molar-refractivity contribution in [2.75, 3.05) is 0 Å². The van der Waals surface area contributed by atoms with Gasteiger partial charge >= 0.3 is 0 Å². The van der Waals surface area contributed by atoms with Crippen molar-refractivity contribution in [1.29, 1.82) is 0 Å². The molecule has 0 spiro atoms. The highest BCUT2D eigenvalue weighted by Gasteiger charge is 2.59. The topological polar surface area (TPSA) is 20.2 Å². The summed E-state index contributed by atoms with van der Waals surface area (Å²) in [4.78, 5) is 0. The zero-order valence-corrected chi connectivity index (χ0v) is 14.1. The molecular weight excluding hydrogens is 256 g/mol. The maximum absolute atomic E-state index is 10.5. The van der Waals surface area contributed by atoms with Crippen molar-refractivity contribution >= 4 is 0 Å². The highest BCUT2D eigenvalue weighted by Crippen LogP contribution is 2.66. The highest BCUT2D eigenvalue weighted by atomic mass is 16.3. The molecule has 0 aromatic rings. The molecule has 118 valence electrons. The molecule has 1 nitrogen and oxygen atoms in total. The van der Waals surface area contributed by atoms with Crippen LogP contribution in [0, 0.1) is 34.5 Å². The smallest absolute Gasteiger partial charge is 0.0596 e. The van der Waals surface area contributed by atoms with Crippen molar-refractivity contribution < 1.29 is 5.11 Å². The number of rotatable bonds is 0. The van der Waals surface area contributed by atoms with E-state index in [1.165, 1.54) is 44.9 Å². The maximum Gasteiger partial charge on any atom is 0.0596 e. The highest BCUT2D eigenvalue weighted by molar-refractivity contribution is 5.16. The Morgan fingerprint density at radius 3 is 2.57 bits per heavy atom. The van der Waals surface area contributed by atoms with Crippen molar-refractivity contribution in [3.63, 3.8) is 0 Å². The monoisotopic (exact) mass is 288 g/mol. The fourth-order valence-corrected chi connectivity index (χ4v) is 7.19. The predicted molar refractivity (Wildman–Crippen MR) is 86.9 cm³/mol. The molecule has 0 radical (unpaired) electrons. The quantitative estimate of drug-likeness (QED) is 0.626. The molecule has 4 aliphatic rings. The van der Waals surface area contributed by atoms with Gasteiger partial charge in [0.25, 0.3) is 0 Å². The summed E-state index contributed by atoms with van der Waals surface area (Å²) in [6.45, 7) is 7.35. The lowest BCUT2D eigenvalue weighted by molar-refractivity contribution is -0.110. The number of fused-ring (bicyclic) bond motifs is 5. The normalized spacial score (nSPS) is 56.2. The summed E-state index contributed by atoms with van der Waals surface area (Å²) in [5, 5.41) is 10.5. The Bertz CT molecular complexity index is 466. The first kappa shape index (κ1) is 14.3. The number of hydrogen-bond donors (Lipinski definition) is 1. The number of aliphatic hydroxyl groups is 1. The predicted octanol–water partition coefficient (Wildman–Crippen LogP) is 4.95. The van der Waals surface area contributed by atoms with Crippen LogP contribution in [-0.4, -0.2) is 11.2 Å². The third kappa shape index (κ3) is 1.85. The van der Waals surface area contributed by atoms with Crippen LogP contribution in [0.1, 0.15) is 72.1 Å². The second-order valence-corrected chi connectivity index (χ2v) is 9.26. The molecule has 0 aliphatic heterocycles. The molecule has 0 aromatic heterocycles. The summed E-state index contributed by atoms with van der Waals surface area (Å²) in [6.07, 6.45) is 13.0. The lowest BCUT2D eigenvalue weighted by atomic mass is 9.45. The van der Waals surface area contributed by atoms with Gasteiger partial charge in [-0.25, -0.2) is 0 Å². The molecule has 4 rings (SSSR count). The van der Waals surface area contributed by atoms with Gasteiger partial charge in [-0.15, -0.1) is 0 Å². The second-order valence-electron chi connectivity index (χ2n) is 9.26. The van der Waals surface area contributed by atoms with E-state index in [1.807, 2.05) is 0 Å². The van der Waals surface area contributed by atoms with Crippen LogP contribution in [0.4, 0.5) is 0 Å². The largest absolute Gasteiger partial charge is 0.393 e. The van der Waals surface area contributed by atoms with E-state index in [1.54, 1.807) is 5.57 Å². The standard InChI is InChI=1S/C20H32O/c1-13-4-5-14-6-7-15-16-8-9-18(21)19(16,2)11-10-17(15)20(14,3)12-13/h4,14-18,21H,5-12H2,1-3H3/t14?,15-,16-,17+,18?,19-,20-/m0/s1. The summed E-state index contributed by atoms with van der Waals surface area (Å²) >= 11 is 0. The molecule has 0 aromatic carbocycles. The summed E-state index contributed by atoms with van der Waals surface area (Å²) in [6, 6.07) is 0. The van der Waals surface area contributed by atoms with Crippen LogP contribution in [0.15, 0.2) is 11.6 Å². The summed E-state index contributed by atoms with van der Waals surface area (Å²) < 4.78 is 0. The first-order chi connectivity index (χ1) is 9.95. The van der Waals surface area contributed by atoms with Crippen molar-refractivity contribution in [2.45, 2.75) is 78.2 Å². The lowest BCUT2D eigenvalue weighted by Crippen LogP contribution is -2.53. The number of allylic oxidation sites excluding steroid dienone is 2. The van der Waals surface area contributed by atoms with E-state index in [0.29, 0.717) is 5.41 Å². The third-order valence-corrected chi connectivity index (χ3v) is 8.43. The summed E-state index contributed by atoms with van der Waals surface area (Å²) in [5.41, 5.74) is 2.43. The van der Waals surface area contributed by atoms with E-state index in [4.69, 9.17) is 0 Å². The van der Waals surface area contributed by atoms with Crippen LogP contribution in [0.2, 0.25) is 0 Å². The Labute approximate surface area is 130 Å². The van der Waals surface area contributed by atoms with Gasteiger partial charge in [0.15, 0.2) is 0 Å². The van der Waals surface area contributed by atoms with E-state index in [0.717, 1.165) is 30.1 Å². The van der Waals surface area contributed by atoms with Crippen molar-refractivity contribution in [2.24, 2.45) is 34.5 Å². The Balaban J connectivity index is 1.66. The number of hydrogen-bond acceptors (Lipinski definition) is 1. The van der Waals surface area contributed by atoms with E-state index in [-0.39, 0.29) is 11.5 Å². The third-order valence-electron chi connectivity index (χ3n) is 8.43. The molecule has 0 saturated heterocycles. The molecule has 4 aliphatic carbocycles. The zero-order chi connectivity index (χ0) is 14.8. The molecule has 21 heavy (non-hydrogen) atoms. The lowest BCUT2D eigenvalue weighted by Gasteiger charge is -2.60. The molecule has 7 atom stereocenters. The van der Waals surface area contributed by atoms with E-state index in [9.17, 15) is 5.11 Å². The van der Waals surface area contributed by atoms with Crippen LogP contribution in [0.25, 0.3) is 0 Å². The fraction of sp³-hybridized carbons (Fsp3) is 0.900. The van der Waals surface area contributed by atoms with Crippen molar-refractivity contribution in [3.8, 4) is 0 Å². The van der Waals surface area contributed by atoms with E-state index >= 15 is 0 Å². The summed E-state index contributed by atoms with van der Waals surface area (Å²) in [7, 11) is 0. The molecule has 2 unspecified atom stereocenters. The molecule has 1 heteroatoms. The van der Waals surface area contributed by atoms with E-state index in [2.05, 4.69) is 26.8 Å². The first-order valence-electron chi connectivity index (χ1n) is 9.29. The molecule has 0 amide bonds. The second kappa shape index (κ2) is 4.60. The van der Waals surface area contributed by atoms with E-state index < -0.39 is 0 Å². The molecule has 0 heterocycles. The first-order valence-corrected chi connectivity index (χ1v) is 9.29. The minimum Gasteiger partial charge on any atom is -0.393 e. The van der Waals surface area contributed by atoms with Gasteiger partial charge in [0.2, 0.25) is 0 Å². The Kier molecular flexibility index (Phi) is 3.13. The van der Waals surface area contributed by atoms with Gasteiger partial charge in [0.05, 0.1) is 6.10 Å². The van der Waals surface area contributed by atoms with Gasteiger partial charge in [-0.2, -0.15) is 0 Å². The zero-order valence-electron chi connectivity index (χ0n) is 14.1. The number of aliphatic hydroxyl groups excluding tert-OH is 1. The fourth-order valence-electron chi connectivity index (χ4n) is 7.19. The molecule has 1 N–H and O–H groups in total. The minimum absolute atomic E-state index is 0.0260. The van der Waals surface area contributed by atoms with Crippen LogP contribution in [-0.2, 0) is 0 Å². The van der Waals surface area contributed by atoms with Gasteiger partial charge in [0, 0.05) is 0 Å². The van der Waals surface area contributed by atoms with Crippen LogP contribution >= 0.6 is 0 Å². The van der Waals surface area contributed by atoms with Crippen LogP contribution in [0.3, 0.4) is 0 Å². The van der Waals surface area contributed by atoms with Gasteiger partial charge in [-0.3, -0.25) is 0 Å². The molecule has 3 fully saturated rings. The van der Waals surface area contributed by atoms with Gasteiger partial charge in [-0.05, 0) is 92.8 Å². The Morgan fingerprint density at radius 1 is 1.00 bits per heavy atom. The van der Waals surface area contributed by atoms with Gasteiger partial charge in [-0.1, -0.05) is 25.5 Å². The van der Waals surface area contributed by atoms with Crippen LogP contribution in [0.5, 0.6) is 0 Å². The molecule has 3 saturated carbocycles. The maximum atomic E-state index is 10.5. The van der Waals surface area contributed by atoms with Gasteiger partial charge in [0.1, 0.15) is 0 Å². The minimum atomic E-state index is -0.0260. The Morgan fingerprint density at radius 2 is 1.76 bits per heavy atom. The average molecular weight is 288 g/mol.